The number of benzene rings is 2. The van der Waals surface area contributed by atoms with Gasteiger partial charge < -0.3 is 37.9 Å². The second-order valence-electron chi connectivity index (χ2n) is 7.18. The number of carbonyl (C=O) groups is 4. The molecule has 0 radical (unpaired) electrons. The second kappa shape index (κ2) is 14.8. The fourth-order valence-electron chi connectivity index (χ4n) is 2.90. The molecule has 0 aliphatic heterocycles. The molecule has 0 heterocycles. The molecule has 12 heteroatoms. The van der Waals surface area contributed by atoms with Gasteiger partial charge in [0, 0.05) is 0 Å². The molecule has 2 aromatic carbocycles. The molecule has 0 aliphatic rings. The van der Waals surface area contributed by atoms with Crippen LogP contribution >= 0.6 is 0 Å². The zero-order chi connectivity index (χ0) is 27.2. The number of carbonyl (C=O) groups excluding carboxylic acids is 4. The van der Waals surface area contributed by atoms with Gasteiger partial charge in [-0.15, -0.1) is 0 Å². The van der Waals surface area contributed by atoms with Gasteiger partial charge >= 0.3 is 24.2 Å². The molecule has 0 saturated carbocycles. The predicted octanol–water partition coefficient (Wildman–Crippen LogP) is 4.18. The lowest BCUT2D eigenvalue weighted by molar-refractivity contribution is 0.0477. The van der Waals surface area contributed by atoms with Crippen LogP contribution in [0.25, 0.3) is 0 Å². The Labute approximate surface area is 213 Å². The van der Waals surface area contributed by atoms with Crippen molar-refractivity contribution in [3.63, 3.8) is 0 Å². The van der Waals surface area contributed by atoms with E-state index < -0.39 is 24.2 Å². The van der Waals surface area contributed by atoms with Crippen molar-refractivity contribution in [2.24, 2.45) is 0 Å². The van der Waals surface area contributed by atoms with E-state index in [0.717, 1.165) is 0 Å². The molecule has 0 fully saturated rings. The highest BCUT2D eigenvalue weighted by Gasteiger charge is 2.16. The molecule has 37 heavy (non-hydrogen) atoms. The quantitative estimate of drug-likeness (QED) is 0.171. The Morgan fingerprint density at radius 2 is 0.973 bits per heavy atom. The molecule has 0 aliphatic carbocycles. The number of hydrogen-bond donors (Lipinski definition) is 0. The monoisotopic (exact) mass is 520 g/mol. The number of rotatable bonds is 12. The van der Waals surface area contributed by atoms with Crippen molar-refractivity contribution < 1.29 is 57.1 Å². The van der Waals surface area contributed by atoms with Crippen LogP contribution in [-0.2, 0) is 18.9 Å². The summed E-state index contributed by atoms with van der Waals surface area (Å²) < 4.78 is 39.5. The van der Waals surface area contributed by atoms with Crippen LogP contribution in [0.15, 0.2) is 36.4 Å². The van der Waals surface area contributed by atoms with Crippen LogP contribution in [0.2, 0.25) is 0 Å². The Morgan fingerprint density at radius 1 is 0.568 bits per heavy atom. The standard InChI is InChI=1S/C25H28O12/c1-30-20-14-16(8-10-18(20)36-24(28)32-3)22(26)34-12-6-5-7-13-35-23(27)17-9-11-19(21(15-17)31-2)37-25(29)33-4/h8-11,14-15H,5-7,12-13H2,1-4H3. The summed E-state index contributed by atoms with van der Waals surface area (Å²) in [5, 5.41) is 0. The SMILES string of the molecule is COC(=O)Oc1ccc(C(=O)OCCCCCOC(=O)c2ccc(OC(=O)OC)c(OC)c2)cc1OC. The summed E-state index contributed by atoms with van der Waals surface area (Å²) in [5.74, 6) is -0.589. The van der Waals surface area contributed by atoms with Crippen molar-refractivity contribution in [2.75, 3.05) is 41.7 Å². The molecule has 200 valence electrons. The van der Waals surface area contributed by atoms with Crippen LogP contribution in [0.1, 0.15) is 40.0 Å². The highest BCUT2D eigenvalue weighted by atomic mass is 16.7. The van der Waals surface area contributed by atoms with E-state index in [-0.39, 0.29) is 47.3 Å². The molecular weight excluding hydrogens is 492 g/mol. The van der Waals surface area contributed by atoms with E-state index in [4.69, 9.17) is 28.4 Å². The molecule has 0 aromatic heterocycles. The average molecular weight is 520 g/mol. The Kier molecular flexibility index (Phi) is 11.5. The zero-order valence-corrected chi connectivity index (χ0v) is 20.9. The highest BCUT2D eigenvalue weighted by Crippen LogP contribution is 2.29. The largest absolute Gasteiger partial charge is 0.513 e. The predicted molar refractivity (Wildman–Crippen MR) is 126 cm³/mol. The molecular formula is C25H28O12. The van der Waals surface area contributed by atoms with Gasteiger partial charge in [0.25, 0.3) is 0 Å². The minimum Gasteiger partial charge on any atom is -0.493 e. The summed E-state index contributed by atoms with van der Waals surface area (Å²) in [6, 6.07) is 8.45. The normalized spacial score (nSPS) is 10.1. The van der Waals surface area contributed by atoms with Gasteiger partial charge in [0.05, 0.1) is 52.8 Å². The van der Waals surface area contributed by atoms with E-state index in [2.05, 4.69) is 9.47 Å². The van der Waals surface area contributed by atoms with Crippen LogP contribution in [0.5, 0.6) is 23.0 Å². The summed E-state index contributed by atoms with van der Waals surface area (Å²) in [6.07, 6.45) is -0.0796. The van der Waals surface area contributed by atoms with Crippen LogP contribution in [0, 0.1) is 0 Å². The van der Waals surface area contributed by atoms with Crippen LogP contribution in [0.3, 0.4) is 0 Å². The topological polar surface area (TPSA) is 142 Å². The number of ether oxygens (including phenoxy) is 8. The molecule has 0 atom stereocenters. The molecule has 0 unspecified atom stereocenters. The Bertz CT molecular complexity index is 1010. The Balaban J connectivity index is 1.72. The molecule has 0 N–H and O–H groups in total. The van der Waals surface area contributed by atoms with Crippen LogP contribution in [-0.4, -0.2) is 65.9 Å². The van der Waals surface area contributed by atoms with Crippen LogP contribution < -0.4 is 18.9 Å². The third kappa shape index (κ3) is 8.91. The van der Waals surface area contributed by atoms with Gasteiger partial charge in [-0.1, -0.05) is 0 Å². The van der Waals surface area contributed by atoms with Crippen molar-refractivity contribution in [3.8, 4) is 23.0 Å². The first-order valence-corrected chi connectivity index (χ1v) is 11.0. The fraction of sp³-hybridized carbons (Fsp3) is 0.360. The van der Waals surface area contributed by atoms with E-state index in [1.807, 2.05) is 0 Å². The lowest BCUT2D eigenvalue weighted by Gasteiger charge is -2.11. The minimum atomic E-state index is -0.915. The molecule has 2 aromatic rings. The van der Waals surface area contributed by atoms with E-state index >= 15 is 0 Å². The van der Waals surface area contributed by atoms with Gasteiger partial charge in [-0.05, 0) is 55.7 Å². The lowest BCUT2D eigenvalue weighted by atomic mass is 10.2. The van der Waals surface area contributed by atoms with Gasteiger partial charge in [0.2, 0.25) is 0 Å². The van der Waals surface area contributed by atoms with E-state index in [1.54, 1.807) is 0 Å². The smallest absolute Gasteiger partial charge is 0.493 e. The van der Waals surface area contributed by atoms with Crippen molar-refractivity contribution in [1.82, 2.24) is 0 Å². The van der Waals surface area contributed by atoms with Crippen LogP contribution in [0.4, 0.5) is 9.59 Å². The van der Waals surface area contributed by atoms with Crippen molar-refractivity contribution in [2.45, 2.75) is 19.3 Å². The van der Waals surface area contributed by atoms with Gasteiger partial charge in [0.15, 0.2) is 23.0 Å². The van der Waals surface area contributed by atoms with Gasteiger partial charge in [-0.25, -0.2) is 19.2 Å². The molecule has 0 saturated heterocycles. The number of unbranched alkanes of at least 4 members (excludes halogenated alkanes) is 2. The molecule has 12 nitrogen and oxygen atoms in total. The highest BCUT2D eigenvalue weighted by molar-refractivity contribution is 5.91. The lowest BCUT2D eigenvalue weighted by Crippen LogP contribution is -2.11. The summed E-state index contributed by atoms with van der Waals surface area (Å²) >= 11 is 0. The molecule has 2 rings (SSSR count). The maximum atomic E-state index is 12.3. The number of esters is 2. The third-order valence-corrected chi connectivity index (χ3v) is 4.77. The van der Waals surface area contributed by atoms with Gasteiger partial charge in [-0.2, -0.15) is 0 Å². The maximum absolute atomic E-state index is 12.3. The summed E-state index contributed by atoms with van der Waals surface area (Å²) in [7, 11) is 5.08. The molecule has 0 amide bonds. The maximum Gasteiger partial charge on any atom is 0.513 e. The van der Waals surface area contributed by atoms with E-state index in [0.29, 0.717) is 19.3 Å². The number of hydrogen-bond acceptors (Lipinski definition) is 12. The summed E-state index contributed by atoms with van der Waals surface area (Å²) in [5.41, 5.74) is 0.447. The second-order valence-corrected chi connectivity index (χ2v) is 7.18. The first-order valence-electron chi connectivity index (χ1n) is 11.0. The summed E-state index contributed by atoms with van der Waals surface area (Å²) in [6.45, 7) is 0.322. The zero-order valence-electron chi connectivity index (χ0n) is 20.9. The van der Waals surface area contributed by atoms with Gasteiger partial charge in [-0.3, -0.25) is 0 Å². The first-order chi connectivity index (χ1) is 17.8. The minimum absolute atomic E-state index is 0.101. The van der Waals surface area contributed by atoms with Crippen molar-refractivity contribution >= 4 is 24.2 Å². The Morgan fingerprint density at radius 3 is 1.32 bits per heavy atom. The van der Waals surface area contributed by atoms with Crippen molar-refractivity contribution in [1.29, 1.82) is 0 Å². The fourth-order valence-corrected chi connectivity index (χ4v) is 2.90. The summed E-state index contributed by atoms with van der Waals surface area (Å²) in [4.78, 5) is 47.1. The van der Waals surface area contributed by atoms with Crippen molar-refractivity contribution in [3.05, 3.63) is 47.5 Å². The Hall–Kier alpha value is -4.48. The van der Waals surface area contributed by atoms with E-state index in [1.165, 1.54) is 64.8 Å². The molecule has 0 bridgehead atoms. The number of methoxy groups -OCH3 is 4. The first kappa shape index (κ1) is 28.8. The van der Waals surface area contributed by atoms with Gasteiger partial charge in [0.1, 0.15) is 0 Å². The third-order valence-electron chi connectivity index (χ3n) is 4.77. The average Bonchev–Trinajstić information content (AvgIpc) is 2.92. The van der Waals surface area contributed by atoms with E-state index in [9.17, 15) is 19.2 Å². The molecule has 0 spiro atoms.